The van der Waals surface area contributed by atoms with Gasteiger partial charge in [-0.15, -0.1) is 0 Å². The summed E-state index contributed by atoms with van der Waals surface area (Å²) in [4.78, 5) is 31.5. The van der Waals surface area contributed by atoms with Crippen LogP contribution in [0.1, 0.15) is 47.4 Å². The summed E-state index contributed by atoms with van der Waals surface area (Å²) in [6.07, 6.45) is 3.64. The standard InChI is InChI=1S/C25H24N2O4/c28-15-21-19-7-3-1-5-17(19)9-10-25(21)22(29)26-23(31-25)27-13-11-24(12-14-27)20-8-4-2-6-18(20)16-30-24/h1-8,15,21H,9-14,16H2. The maximum Gasteiger partial charge on any atom is 0.296 e. The fourth-order valence-electron chi connectivity index (χ4n) is 5.73. The van der Waals surface area contributed by atoms with Gasteiger partial charge in [-0.3, -0.25) is 4.79 Å². The molecule has 4 aliphatic rings. The van der Waals surface area contributed by atoms with E-state index in [0.29, 0.717) is 38.6 Å². The average Bonchev–Trinajstić information content (AvgIpc) is 3.33. The number of carbonyl (C=O) groups is 2. The zero-order chi connectivity index (χ0) is 21.1. The summed E-state index contributed by atoms with van der Waals surface area (Å²) in [5.74, 6) is -0.968. The third kappa shape index (κ3) is 2.64. The molecule has 0 bridgehead atoms. The first-order valence-electron chi connectivity index (χ1n) is 11.0. The number of aryl methyl sites for hydroxylation is 1. The highest BCUT2D eigenvalue weighted by atomic mass is 16.5. The molecular formula is C25H24N2O4. The number of fused-ring (bicyclic) bond motifs is 3. The summed E-state index contributed by atoms with van der Waals surface area (Å²) < 4.78 is 12.5. The summed E-state index contributed by atoms with van der Waals surface area (Å²) in [5, 5.41) is 0. The maximum absolute atomic E-state index is 13.1. The molecule has 158 valence electrons. The van der Waals surface area contributed by atoms with Gasteiger partial charge < -0.3 is 19.2 Å². The molecule has 1 fully saturated rings. The highest BCUT2D eigenvalue weighted by Crippen LogP contribution is 2.47. The van der Waals surface area contributed by atoms with E-state index in [2.05, 4.69) is 23.2 Å². The van der Waals surface area contributed by atoms with E-state index >= 15 is 0 Å². The van der Waals surface area contributed by atoms with E-state index in [9.17, 15) is 9.59 Å². The minimum atomic E-state index is -1.21. The largest absolute Gasteiger partial charge is 0.447 e. The number of carbonyl (C=O) groups excluding carboxylic acids is 2. The van der Waals surface area contributed by atoms with Crippen molar-refractivity contribution in [2.45, 2.75) is 49.4 Å². The third-order valence-corrected chi connectivity index (χ3v) is 7.48. The molecule has 1 amide bonds. The van der Waals surface area contributed by atoms with Crippen LogP contribution in [0, 0.1) is 0 Å². The van der Waals surface area contributed by atoms with Crippen LogP contribution in [0.25, 0.3) is 0 Å². The summed E-state index contributed by atoms with van der Waals surface area (Å²) >= 11 is 0. The highest BCUT2D eigenvalue weighted by molar-refractivity contribution is 6.04. The number of benzene rings is 2. The average molecular weight is 416 g/mol. The Bertz CT molecular complexity index is 1100. The van der Waals surface area contributed by atoms with E-state index in [0.717, 1.165) is 30.3 Å². The molecule has 0 aromatic heterocycles. The van der Waals surface area contributed by atoms with Crippen LogP contribution in [0.15, 0.2) is 53.5 Å². The van der Waals surface area contributed by atoms with Crippen LogP contribution in [0.5, 0.6) is 0 Å². The molecule has 0 radical (unpaired) electrons. The van der Waals surface area contributed by atoms with Crippen LogP contribution in [-0.4, -0.2) is 41.8 Å². The van der Waals surface area contributed by atoms with Crippen molar-refractivity contribution in [1.29, 1.82) is 0 Å². The second-order valence-corrected chi connectivity index (χ2v) is 8.93. The quantitative estimate of drug-likeness (QED) is 0.669. The number of amidine groups is 1. The minimum Gasteiger partial charge on any atom is -0.447 e. The van der Waals surface area contributed by atoms with E-state index in [4.69, 9.17) is 9.47 Å². The van der Waals surface area contributed by atoms with Gasteiger partial charge >= 0.3 is 0 Å². The predicted octanol–water partition coefficient (Wildman–Crippen LogP) is 3.09. The Balaban J connectivity index is 1.23. The lowest BCUT2D eigenvalue weighted by Crippen LogP contribution is -2.50. The van der Waals surface area contributed by atoms with Crippen LogP contribution >= 0.6 is 0 Å². The molecule has 2 aromatic rings. The number of rotatable bonds is 1. The first-order valence-corrected chi connectivity index (χ1v) is 11.0. The lowest BCUT2D eigenvalue weighted by molar-refractivity contribution is -0.138. The van der Waals surface area contributed by atoms with Crippen LogP contribution in [0.3, 0.4) is 0 Å². The molecule has 2 atom stereocenters. The number of ether oxygens (including phenoxy) is 2. The lowest BCUT2D eigenvalue weighted by Gasteiger charge is -2.41. The molecule has 2 spiro atoms. The van der Waals surface area contributed by atoms with Crippen molar-refractivity contribution in [2.24, 2.45) is 4.99 Å². The molecule has 3 aliphatic heterocycles. The number of amides is 1. The van der Waals surface area contributed by atoms with Crippen molar-refractivity contribution in [3.8, 4) is 0 Å². The smallest absolute Gasteiger partial charge is 0.296 e. The van der Waals surface area contributed by atoms with Gasteiger partial charge in [0.15, 0.2) is 0 Å². The summed E-state index contributed by atoms with van der Waals surface area (Å²) in [7, 11) is 0. The van der Waals surface area contributed by atoms with E-state index in [1.54, 1.807) is 0 Å². The molecule has 2 unspecified atom stereocenters. The number of piperidine rings is 1. The van der Waals surface area contributed by atoms with Crippen molar-refractivity contribution in [3.63, 3.8) is 0 Å². The van der Waals surface area contributed by atoms with E-state index in [1.165, 1.54) is 11.1 Å². The van der Waals surface area contributed by atoms with Gasteiger partial charge in [0.1, 0.15) is 6.29 Å². The summed E-state index contributed by atoms with van der Waals surface area (Å²) in [6.45, 7) is 2.04. The molecule has 3 heterocycles. The van der Waals surface area contributed by atoms with Crippen molar-refractivity contribution < 1.29 is 19.1 Å². The van der Waals surface area contributed by atoms with Crippen LogP contribution in [0.2, 0.25) is 0 Å². The van der Waals surface area contributed by atoms with Crippen LogP contribution in [0.4, 0.5) is 0 Å². The molecule has 2 aromatic carbocycles. The predicted molar refractivity (Wildman–Crippen MR) is 114 cm³/mol. The van der Waals surface area contributed by atoms with E-state index in [-0.39, 0.29) is 11.5 Å². The zero-order valence-electron chi connectivity index (χ0n) is 17.3. The van der Waals surface area contributed by atoms with Gasteiger partial charge in [0.05, 0.1) is 18.1 Å². The van der Waals surface area contributed by atoms with Gasteiger partial charge in [-0.2, -0.15) is 4.99 Å². The second-order valence-electron chi connectivity index (χ2n) is 8.93. The van der Waals surface area contributed by atoms with Gasteiger partial charge in [0, 0.05) is 19.5 Å². The molecular weight excluding hydrogens is 392 g/mol. The van der Waals surface area contributed by atoms with Gasteiger partial charge in [0.25, 0.3) is 11.9 Å². The van der Waals surface area contributed by atoms with Gasteiger partial charge in [-0.05, 0) is 41.5 Å². The van der Waals surface area contributed by atoms with Gasteiger partial charge in [-0.1, -0.05) is 48.5 Å². The fraction of sp³-hybridized carbons (Fsp3) is 0.400. The normalized spacial score (nSPS) is 28.3. The number of nitrogens with zero attached hydrogens (tertiary/aromatic N) is 2. The van der Waals surface area contributed by atoms with Gasteiger partial charge in [-0.25, -0.2) is 0 Å². The van der Waals surface area contributed by atoms with Crippen LogP contribution < -0.4 is 0 Å². The monoisotopic (exact) mass is 416 g/mol. The molecule has 6 nitrogen and oxygen atoms in total. The van der Waals surface area contributed by atoms with Crippen molar-refractivity contribution in [1.82, 2.24) is 4.90 Å². The molecule has 0 saturated carbocycles. The first-order chi connectivity index (χ1) is 15.2. The van der Waals surface area contributed by atoms with E-state index < -0.39 is 11.5 Å². The topological polar surface area (TPSA) is 68.2 Å². The highest BCUT2D eigenvalue weighted by Gasteiger charge is 2.56. The summed E-state index contributed by atoms with van der Waals surface area (Å²) in [5.41, 5.74) is 3.05. The van der Waals surface area contributed by atoms with Crippen LogP contribution in [-0.2, 0) is 37.7 Å². The molecule has 6 heteroatoms. The molecule has 1 aliphatic carbocycles. The molecule has 6 rings (SSSR count). The lowest BCUT2D eigenvalue weighted by atomic mass is 9.72. The van der Waals surface area contributed by atoms with Crippen molar-refractivity contribution >= 4 is 18.2 Å². The van der Waals surface area contributed by atoms with E-state index in [1.807, 2.05) is 35.2 Å². The number of aldehydes is 1. The minimum absolute atomic E-state index is 0.261. The Morgan fingerprint density at radius 1 is 1.00 bits per heavy atom. The molecule has 1 saturated heterocycles. The Morgan fingerprint density at radius 3 is 2.55 bits per heavy atom. The number of hydrogen-bond acceptors (Lipinski definition) is 5. The van der Waals surface area contributed by atoms with Crippen molar-refractivity contribution in [2.75, 3.05) is 13.1 Å². The summed E-state index contributed by atoms with van der Waals surface area (Å²) in [6, 6.07) is 16.6. The van der Waals surface area contributed by atoms with Crippen molar-refractivity contribution in [3.05, 3.63) is 70.8 Å². The third-order valence-electron chi connectivity index (χ3n) is 7.48. The SMILES string of the molecule is O=CC1c2ccccc2CCC12OC(N1CCC3(CC1)OCc1ccccc13)=NC2=O. The molecule has 0 N–H and O–H groups in total. The second kappa shape index (κ2) is 6.76. The fourth-order valence-corrected chi connectivity index (χ4v) is 5.73. The zero-order valence-corrected chi connectivity index (χ0v) is 17.3. The molecule has 31 heavy (non-hydrogen) atoms. The number of hydrogen-bond donors (Lipinski definition) is 0. The number of aliphatic imine (C=N–C) groups is 1. The Morgan fingerprint density at radius 2 is 1.74 bits per heavy atom. The first kappa shape index (κ1) is 18.8. The Hall–Kier alpha value is -2.99. The number of likely N-dealkylation sites (tertiary alicyclic amines) is 1. The Labute approximate surface area is 180 Å². The van der Waals surface area contributed by atoms with Gasteiger partial charge in [0.2, 0.25) is 5.60 Å². The Kier molecular flexibility index (Phi) is 4.09. The maximum atomic E-state index is 13.1.